The fourth-order valence-corrected chi connectivity index (χ4v) is 3.62. The first-order chi connectivity index (χ1) is 8.23. The molecule has 0 bridgehead atoms. The van der Waals surface area contributed by atoms with Gasteiger partial charge in [-0.15, -0.1) is 0 Å². The molecule has 0 saturated heterocycles. The van der Waals surface area contributed by atoms with Crippen LogP contribution in [-0.2, 0) is 14.8 Å². The number of hydrogen-bond acceptors (Lipinski definition) is 4. The summed E-state index contributed by atoms with van der Waals surface area (Å²) >= 11 is 0. The van der Waals surface area contributed by atoms with Gasteiger partial charge >= 0.3 is 5.97 Å². The fourth-order valence-electron chi connectivity index (χ4n) is 2.05. The van der Waals surface area contributed by atoms with Crippen LogP contribution in [0.15, 0.2) is 0 Å². The topological polar surface area (TPSA) is 104 Å². The third-order valence-corrected chi connectivity index (χ3v) is 4.77. The number of hydrogen-bond donors (Lipinski definition) is 3. The second-order valence-corrected chi connectivity index (χ2v) is 7.04. The minimum absolute atomic E-state index is 0.0166. The number of carbonyl (C=O) groups is 1. The molecule has 0 aromatic rings. The van der Waals surface area contributed by atoms with Gasteiger partial charge in [0.15, 0.2) is 5.60 Å². The highest BCUT2D eigenvalue weighted by Gasteiger charge is 2.32. The number of aliphatic carboxylic acids is 1. The second kappa shape index (κ2) is 5.99. The van der Waals surface area contributed by atoms with Crippen LogP contribution < -0.4 is 4.72 Å². The average molecular weight is 279 g/mol. The minimum atomic E-state index is -3.52. The number of sulfonamides is 1. The van der Waals surface area contributed by atoms with Gasteiger partial charge in [-0.05, 0) is 25.7 Å². The first kappa shape index (κ1) is 15.4. The van der Waals surface area contributed by atoms with Crippen LogP contribution in [0.4, 0.5) is 0 Å². The normalized spacial score (nSPS) is 21.4. The predicted octanol–water partition coefficient (Wildman–Crippen LogP) is 0.322. The molecule has 0 amide bonds. The summed E-state index contributed by atoms with van der Waals surface area (Å²) < 4.78 is 25.7. The van der Waals surface area contributed by atoms with Gasteiger partial charge in [0.25, 0.3) is 0 Å². The molecular formula is C11H21NO5S. The summed E-state index contributed by atoms with van der Waals surface area (Å²) in [6.45, 7) is 0.565. The van der Waals surface area contributed by atoms with E-state index in [0.29, 0.717) is 0 Å². The summed E-state index contributed by atoms with van der Waals surface area (Å²) in [4.78, 5) is 10.6. The molecule has 6 nitrogen and oxygen atoms in total. The molecule has 18 heavy (non-hydrogen) atoms. The number of aliphatic hydroxyl groups is 1. The van der Waals surface area contributed by atoms with Gasteiger partial charge in [0, 0.05) is 6.54 Å². The Morgan fingerprint density at radius 3 is 2.39 bits per heavy atom. The molecule has 106 valence electrons. The lowest BCUT2D eigenvalue weighted by Gasteiger charge is -2.23. The smallest absolute Gasteiger partial charge is 0.336 e. The van der Waals surface area contributed by atoms with Crippen molar-refractivity contribution in [3.8, 4) is 0 Å². The summed E-state index contributed by atoms with van der Waals surface area (Å²) in [5.41, 5.74) is -2.07. The van der Waals surface area contributed by atoms with Gasteiger partial charge in [-0.25, -0.2) is 17.9 Å². The summed E-state index contributed by atoms with van der Waals surface area (Å²) in [7, 11) is -3.52. The molecule has 1 unspecified atom stereocenters. The maximum absolute atomic E-state index is 11.8. The summed E-state index contributed by atoms with van der Waals surface area (Å²) in [5, 5.41) is 18.1. The maximum atomic E-state index is 11.8. The van der Waals surface area contributed by atoms with Gasteiger partial charge in [-0.3, -0.25) is 0 Å². The second-order valence-electron chi connectivity index (χ2n) is 5.19. The van der Waals surface area contributed by atoms with Crippen molar-refractivity contribution in [1.29, 1.82) is 0 Å². The van der Waals surface area contributed by atoms with E-state index >= 15 is 0 Å². The average Bonchev–Trinajstić information content (AvgIpc) is 2.27. The van der Waals surface area contributed by atoms with Crippen LogP contribution in [0.3, 0.4) is 0 Å². The molecule has 1 saturated carbocycles. The Hall–Kier alpha value is -0.660. The van der Waals surface area contributed by atoms with Crippen molar-refractivity contribution in [1.82, 2.24) is 4.72 Å². The molecular weight excluding hydrogens is 258 g/mol. The first-order valence-corrected chi connectivity index (χ1v) is 7.81. The standard InChI is InChI=1S/C11H21NO5S/c1-11(15,10(13)14)8-12-18(16,17)7-9-5-3-2-4-6-9/h9,12,15H,2-8H2,1H3,(H,13,14). The Morgan fingerprint density at radius 1 is 1.33 bits per heavy atom. The molecule has 1 aliphatic rings. The van der Waals surface area contributed by atoms with Crippen molar-refractivity contribution in [3.63, 3.8) is 0 Å². The molecule has 1 atom stereocenters. The van der Waals surface area contributed by atoms with Crippen LogP contribution in [-0.4, -0.2) is 42.5 Å². The van der Waals surface area contributed by atoms with Gasteiger partial charge in [0.1, 0.15) is 0 Å². The molecule has 0 aliphatic heterocycles. The molecule has 3 N–H and O–H groups in total. The highest BCUT2D eigenvalue weighted by atomic mass is 32.2. The van der Waals surface area contributed by atoms with E-state index in [9.17, 15) is 18.3 Å². The molecule has 0 heterocycles. The Morgan fingerprint density at radius 2 is 1.89 bits per heavy atom. The lowest BCUT2D eigenvalue weighted by Crippen LogP contribution is -2.47. The molecule has 1 fully saturated rings. The lowest BCUT2D eigenvalue weighted by molar-refractivity contribution is -0.155. The zero-order valence-electron chi connectivity index (χ0n) is 10.6. The van der Waals surface area contributed by atoms with Crippen LogP contribution in [0, 0.1) is 5.92 Å². The highest BCUT2D eigenvalue weighted by Crippen LogP contribution is 2.24. The van der Waals surface area contributed by atoms with E-state index in [1.165, 1.54) is 0 Å². The predicted molar refractivity (Wildman–Crippen MR) is 66.6 cm³/mol. The Balaban J connectivity index is 2.47. The highest BCUT2D eigenvalue weighted by molar-refractivity contribution is 7.89. The molecule has 0 radical (unpaired) electrons. The van der Waals surface area contributed by atoms with E-state index in [0.717, 1.165) is 39.0 Å². The largest absolute Gasteiger partial charge is 0.479 e. The Bertz CT molecular complexity index is 384. The molecule has 1 rings (SSSR count). The number of nitrogens with one attached hydrogen (secondary N) is 1. The van der Waals surface area contributed by atoms with Gasteiger partial charge in [-0.2, -0.15) is 0 Å². The molecule has 0 aromatic carbocycles. The van der Waals surface area contributed by atoms with Crippen LogP contribution in [0.2, 0.25) is 0 Å². The summed E-state index contributed by atoms with van der Waals surface area (Å²) in [5.74, 6) is -1.28. The van der Waals surface area contributed by atoms with Gasteiger partial charge in [0.05, 0.1) is 5.75 Å². The van der Waals surface area contributed by atoms with E-state index in [-0.39, 0.29) is 11.7 Å². The number of carboxylic acid groups (broad SMARTS) is 1. The van der Waals surface area contributed by atoms with Crippen LogP contribution >= 0.6 is 0 Å². The third-order valence-electron chi connectivity index (χ3n) is 3.28. The molecule has 0 aromatic heterocycles. The lowest BCUT2D eigenvalue weighted by atomic mass is 9.91. The zero-order chi connectivity index (χ0) is 13.8. The van der Waals surface area contributed by atoms with Crippen molar-refractivity contribution in [2.75, 3.05) is 12.3 Å². The fraction of sp³-hybridized carbons (Fsp3) is 0.909. The van der Waals surface area contributed by atoms with Crippen LogP contribution in [0.25, 0.3) is 0 Å². The van der Waals surface area contributed by atoms with E-state index in [2.05, 4.69) is 4.72 Å². The van der Waals surface area contributed by atoms with E-state index < -0.39 is 28.1 Å². The van der Waals surface area contributed by atoms with Gasteiger partial charge in [0.2, 0.25) is 10.0 Å². The minimum Gasteiger partial charge on any atom is -0.479 e. The first-order valence-electron chi connectivity index (χ1n) is 6.16. The number of carboxylic acids is 1. The van der Waals surface area contributed by atoms with Crippen molar-refractivity contribution < 1.29 is 23.4 Å². The van der Waals surface area contributed by atoms with E-state index in [1.807, 2.05) is 0 Å². The van der Waals surface area contributed by atoms with Crippen molar-refractivity contribution in [2.24, 2.45) is 5.92 Å². The molecule has 1 aliphatic carbocycles. The van der Waals surface area contributed by atoms with Crippen LogP contribution in [0.5, 0.6) is 0 Å². The van der Waals surface area contributed by atoms with Crippen molar-refractivity contribution in [3.05, 3.63) is 0 Å². The summed E-state index contributed by atoms with van der Waals surface area (Å²) in [6, 6.07) is 0. The van der Waals surface area contributed by atoms with Gasteiger partial charge in [-0.1, -0.05) is 19.3 Å². The monoisotopic (exact) mass is 279 g/mol. The quantitative estimate of drug-likeness (QED) is 0.649. The SMILES string of the molecule is CC(O)(CNS(=O)(=O)CC1CCCCC1)C(=O)O. The van der Waals surface area contributed by atoms with E-state index in [1.54, 1.807) is 0 Å². The van der Waals surface area contributed by atoms with Crippen LogP contribution in [0.1, 0.15) is 39.0 Å². The zero-order valence-corrected chi connectivity index (χ0v) is 11.4. The van der Waals surface area contributed by atoms with Gasteiger partial charge < -0.3 is 10.2 Å². The maximum Gasteiger partial charge on any atom is 0.336 e. The molecule has 7 heteroatoms. The van der Waals surface area contributed by atoms with E-state index in [4.69, 9.17) is 5.11 Å². The number of rotatable bonds is 6. The Labute approximate surface area is 107 Å². The van der Waals surface area contributed by atoms with Crippen molar-refractivity contribution in [2.45, 2.75) is 44.6 Å². The van der Waals surface area contributed by atoms with Crippen molar-refractivity contribution >= 4 is 16.0 Å². The summed E-state index contributed by atoms with van der Waals surface area (Å²) in [6.07, 6.45) is 5.05. The molecule has 0 spiro atoms. The Kier molecular flexibility index (Phi) is 5.12. The third kappa shape index (κ3) is 4.91.